The topological polar surface area (TPSA) is 81.8 Å². The maximum absolute atomic E-state index is 12.5. The van der Waals surface area contributed by atoms with Crippen molar-refractivity contribution < 1.29 is 9.59 Å². The fraction of sp³-hybridized carbons (Fsp3) is 0.0909. The predicted molar refractivity (Wildman–Crippen MR) is 109 cm³/mol. The van der Waals surface area contributed by atoms with E-state index in [2.05, 4.69) is 15.4 Å². The van der Waals surface area contributed by atoms with Gasteiger partial charge in [-0.05, 0) is 48.0 Å². The van der Waals surface area contributed by atoms with Gasteiger partial charge in [0, 0.05) is 48.6 Å². The van der Waals surface area contributed by atoms with Gasteiger partial charge in [0.2, 0.25) is 5.78 Å². The van der Waals surface area contributed by atoms with Crippen molar-refractivity contribution >= 4 is 17.4 Å². The van der Waals surface area contributed by atoms with Gasteiger partial charge in [0.25, 0.3) is 5.91 Å². The van der Waals surface area contributed by atoms with E-state index in [0.29, 0.717) is 29.2 Å². The van der Waals surface area contributed by atoms with Crippen LogP contribution in [0.25, 0.3) is 0 Å². The number of carbonyl (C=O) groups is 2. The molecule has 0 atom stereocenters. The molecular formula is C22H19N5O2. The third-order valence-corrected chi connectivity index (χ3v) is 4.55. The van der Waals surface area contributed by atoms with Crippen molar-refractivity contribution in [2.24, 2.45) is 7.05 Å². The highest BCUT2D eigenvalue weighted by atomic mass is 16.1. The summed E-state index contributed by atoms with van der Waals surface area (Å²) in [6, 6.07) is 16.0. The summed E-state index contributed by atoms with van der Waals surface area (Å²) in [6.45, 7) is 0.653. The van der Waals surface area contributed by atoms with E-state index in [9.17, 15) is 9.59 Å². The van der Waals surface area contributed by atoms with Gasteiger partial charge in [-0.3, -0.25) is 14.3 Å². The molecule has 7 heteroatoms. The van der Waals surface area contributed by atoms with E-state index in [1.54, 1.807) is 66.6 Å². The third-order valence-electron chi connectivity index (χ3n) is 4.55. The van der Waals surface area contributed by atoms with E-state index in [-0.39, 0.29) is 11.7 Å². The first-order valence-electron chi connectivity index (χ1n) is 9.10. The molecule has 7 nitrogen and oxygen atoms in total. The Kier molecular flexibility index (Phi) is 5.03. The van der Waals surface area contributed by atoms with Crippen LogP contribution in [0.4, 0.5) is 5.69 Å². The van der Waals surface area contributed by atoms with Gasteiger partial charge in [0.15, 0.2) is 5.82 Å². The second-order valence-corrected chi connectivity index (χ2v) is 6.62. The van der Waals surface area contributed by atoms with Crippen LogP contribution in [0.15, 0.2) is 79.4 Å². The van der Waals surface area contributed by atoms with Crippen LogP contribution in [-0.4, -0.2) is 31.0 Å². The highest BCUT2D eigenvalue weighted by Gasteiger charge is 2.14. The number of nitrogens with one attached hydrogen (secondary N) is 1. The maximum atomic E-state index is 12.5. The van der Waals surface area contributed by atoms with Gasteiger partial charge < -0.3 is 9.88 Å². The first kappa shape index (κ1) is 18.4. The van der Waals surface area contributed by atoms with Crippen molar-refractivity contribution in [3.8, 4) is 0 Å². The molecule has 0 unspecified atom stereocenters. The fourth-order valence-corrected chi connectivity index (χ4v) is 2.96. The summed E-state index contributed by atoms with van der Waals surface area (Å²) in [6.07, 6.45) is 6.93. The molecule has 0 fully saturated rings. The Balaban J connectivity index is 1.40. The lowest BCUT2D eigenvalue weighted by molar-refractivity contribution is 0.102. The molecular weight excluding hydrogens is 366 g/mol. The highest BCUT2D eigenvalue weighted by Crippen LogP contribution is 2.15. The third kappa shape index (κ3) is 4.14. The Labute approximate surface area is 167 Å². The number of hydrogen-bond acceptors (Lipinski definition) is 4. The van der Waals surface area contributed by atoms with Crippen molar-refractivity contribution in [3.05, 3.63) is 102 Å². The summed E-state index contributed by atoms with van der Waals surface area (Å²) in [5, 5.41) is 7.02. The number of imidazole rings is 1. The summed E-state index contributed by atoms with van der Waals surface area (Å²) in [4.78, 5) is 29.0. The van der Waals surface area contributed by atoms with Gasteiger partial charge in [-0.15, -0.1) is 0 Å². The van der Waals surface area contributed by atoms with Crippen LogP contribution in [0.3, 0.4) is 0 Å². The predicted octanol–water partition coefficient (Wildman–Crippen LogP) is 3.15. The number of aryl methyl sites for hydroxylation is 1. The number of hydrogen-bond donors (Lipinski definition) is 1. The first-order valence-corrected chi connectivity index (χ1v) is 9.10. The molecule has 0 bridgehead atoms. The molecule has 1 amide bonds. The van der Waals surface area contributed by atoms with Crippen LogP contribution < -0.4 is 5.32 Å². The van der Waals surface area contributed by atoms with Crippen molar-refractivity contribution in [3.63, 3.8) is 0 Å². The second-order valence-electron chi connectivity index (χ2n) is 6.62. The van der Waals surface area contributed by atoms with E-state index < -0.39 is 0 Å². The Hall–Kier alpha value is -4.00. The monoisotopic (exact) mass is 385 g/mol. The van der Waals surface area contributed by atoms with Gasteiger partial charge >= 0.3 is 0 Å². The molecule has 1 N–H and O–H groups in total. The average Bonchev–Trinajstić information content (AvgIpc) is 3.40. The minimum absolute atomic E-state index is 0.164. The van der Waals surface area contributed by atoms with E-state index in [0.717, 1.165) is 5.56 Å². The molecule has 0 aliphatic heterocycles. The Morgan fingerprint density at radius 1 is 0.931 bits per heavy atom. The van der Waals surface area contributed by atoms with Gasteiger partial charge in [-0.25, -0.2) is 4.98 Å². The van der Waals surface area contributed by atoms with Gasteiger partial charge in [-0.2, -0.15) is 5.10 Å². The molecule has 0 aliphatic rings. The molecule has 0 saturated heterocycles. The largest absolute Gasteiger partial charge is 0.331 e. The molecule has 0 aliphatic carbocycles. The Bertz CT molecular complexity index is 1130. The van der Waals surface area contributed by atoms with Crippen LogP contribution in [0, 0.1) is 0 Å². The summed E-state index contributed by atoms with van der Waals surface area (Å²) in [7, 11) is 1.77. The number of nitrogens with zero attached hydrogens (tertiary/aromatic N) is 4. The first-order chi connectivity index (χ1) is 14.1. The Morgan fingerprint density at radius 3 is 2.28 bits per heavy atom. The summed E-state index contributed by atoms with van der Waals surface area (Å²) < 4.78 is 3.50. The Morgan fingerprint density at radius 2 is 1.66 bits per heavy atom. The van der Waals surface area contributed by atoms with Gasteiger partial charge in [-0.1, -0.05) is 12.1 Å². The lowest BCUT2D eigenvalue weighted by Gasteiger charge is -2.08. The molecule has 2 aromatic heterocycles. The lowest BCUT2D eigenvalue weighted by atomic mass is 10.1. The summed E-state index contributed by atoms with van der Waals surface area (Å²) >= 11 is 0. The van der Waals surface area contributed by atoms with E-state index in [1.807, 2.05) is 29.1 Å². The molecule has 0 radical (unpaired) electrons. The molecule has 0 saturated carbocycles. The normalized spacial score (nSPS) is 10.7. The summed E-state index contributed by atoms with van der Waals surface area (Å²) in [5.74, 6) is -0.000971. The van der Waals surface area contributed by atoms with E-state index in [4.69, 9.17) is 0 Å². The summed E-state index contributed by atoms with van der Waals surface area (Å²) in [5.41, 5.74) is 2.75. The molecule has 0 spiro atoms. The number of rotatable bonds is 6. The van der Waals surface area contributed by atoms with Crippen LogP contribution in [-0.2, 0) is 13.6 Å². The zero-order valence-electron chi connectivity index (χ0n) is 15.8. The number of carbonyl (C=O) groups excluding carboxylic acids is 2. The lowest BCUT2D eigenvalue weighted by Crippen LogP contribution is -2.13. The molecule has 4 rings (SSSR count). The number of aromatic nitrogens is 4. The molecule has 2 aromatic carbocycles. The van der Waals surface area contributed by atoms with Crippen LogP contribution in [0.2, 0.25) is 0 Å². The van der Waals surface area contributed by atoms with Crippen molar-refractivity contribution in [2.75, 3.05) is 5.32 Å². The van der Waals surface area contributed by atoms with Crippen molar-refractivity contribution in [1.29, 1.82) is 0 Å². The molecule has 29 heavy (non-hydrogen) atoms. The maximum Gasteiger partial charge on any atom is 0.255 e. The van der Waals surface area contributed by atoms with Crippen molar-refractivity contribution in [1.82, 2.24) is 19.3 Å². The quantitative estimate of drug-likeness (QED) is 0.517. The fourth-order valence-electron chi connectivity index (χ4n) is 2.96. The van der Waals surface area contributed by atoms with Crippen LogP contribution in [0.5, 0.6) is 0 Å². The second kappa shape index (κ2) is 7.93. The van der Waals surface area contributed by atoms with Crippen LogP contribution >= 0.6 is 0 Å². The number of benzene rings is 2. The minimum Gasteiger partial charge on any atom is -0.331 e. The van der Waals surface area contributed by atoms with Gasteiger partial charge in [0.1, 0.15) is 0 Å². The zero-order chi connectivity index (χ0) is 20.2. The number of ketones is 1. The van der Waals surface area contributed by atoms with Crippen molar-refractivity contribution in [2.45, 2.75) is 6.54 Å². The highest BCUT2D eigenvalue weighted by molar-refractivity contribution is 6.07. The number of anilines is 1. The molecule has 144 valence electrons. The minimum atomic E-state index is -0.209. The van der Waals surface area contributed by atoms with Gasteiger partial charge in [0.05, 0.1) is 6.54 Å². The van der Waals surface area contributed by atoms with Crippen LogP contribution in [0.1, 0.15) is 32.1 Å². The molecule has 2 heterocycles. The SMILES string of the molecule is Cn1ccnc1C(=O)c1ccc(NC(=O)c2ccc(Cn3cccn3)cc2)cc1. The zero-order valence-corrected chi connectivity index (χ0v) is 15.8. The average molecular weight is 385 g/mol. The standard InChI is InChI=1S/C22H19N5O2/c1-26-14-12-23-21(26)20(28)17-7-9-19(10-8-17)25-22(29)18-5-3-16(4-6-18)15-27-13-2-11-24-27/h2-14H,15H2,1H3,(H,25,29). The van der Waals surface area contributed by atoms with E-state index >= 15 is 0 Å². The molecule has 4 aromatic rings. The smallest absolute Gasteiger partial charge is 0.255 e. The number of amides is 1. The van der Waals surface area contributed by atoms with E-state index in [1.165, 1.54) is 0 Å².